The van der Waals surface area contributed by atoms with Crippen molar-refractivity contribution in [2.45, 2.75) is 19.9 Å². The van der Waals surface area contributed by atoms with Crippen LogP contribution in [0.2, 0.25) is 0 Å². The molecule has 1 heterocycles. The van der Waals surface area contributed by atoms with Gasteiger partial charge in [-0.05, 0) is 24.3 Å². The summed E-state index contributed by atoms with van der Waals surface area (Å²) in [5.74, 6) is 1.21. The van der Waals surface area contributed by atoms with Crippen LogP contribution in [0.3, 0.4) is 0 Å². The molecule has 0 bridgehead atoms. The molecule has 0 unspecified atom stereocenters. The average Bonchev–Trinajstić information content (AvgIpc) is 2.93. The number of nitrogens with one attached hydrogen (secondary N) is 2. The van der Waals surface area contributed by atoms with Gasteiger partial charge >= 0.3 is 0 Å². The summed E-state index contributed by atoms with van der Waals surface area (Å²) in [5.41, 5.74) is 1.58. The Balaban J connectivity index is 1.93. The van der Waals surface area contributed by atoms with Gasteiger partial charge in [0, 0.05) is 24.7 Å². The highest BCUT2D eigenvalue weighted by molar-refractivity contribution is 5.94. The van der Waals surface area contributed by atoms with Gasteiger partial charge in [-0.1, -0.05) is 6.92 Å². The number of hydrogen-bond acceptors (Lipinski definition) is 4. The van der Waals surface area contributed by atoms with E-state index in [-0.39, 0.29) is 5.91 Å². The van der Waals surface area contributed by atoms with Crippen molar-refractivity contribution >= 4 is 11.6 Å². The number of rotatable bonds is 5. The molecule has 1 amide bonds. The molecule has 100 valence electrons. The number of carbonyl (C=O) groups is 1. The van der Waals surface area contributed by atoms with Gasteiger partial charge in [0.2, 0.25) is 5.89 Å². The van der Waals surface area contributed by atoms with Crippen molar-refractivity contribution < 1.29 is 9.21 Å². The SMILES string of the molecule is CCc1cnc(CNC(=O)c2ccc(NC)cc2)o1. The molecule has 1 aromatic carbocycles. The first-order chi connectivity index (χ1) is 9.22. The lowest BCUT2D eigenvalue weighted by Crippen LogP contribution is -2.22. The van der Waals surface area contributed by atoms with Gasteiger partial charge in [0.05, 0.1) is 12.7 Å². The van der Waals surface area contributed by atoms with E-state index in [2.05, 4.69) is 15.6 Å². The lowest BCUT2D eigenvalue weighted by atomic mass is 10.2. The Morgan fingerprint density at radius 2 is 2.05 bits per heavy atom. The Morgan fingerprint density at radius 3 is 2.63 bits per heavy atom. The highest BCUT2D eigenvalue weighted by Crippen LogP contribution is 2.09. The average molecular weight is 259 g/mol. The maximum atomic E-state index is 11.9. The summed E-state index contributed by atoms with van der Waals surface area (Å²) < 4.78 is 5.42. The molecular formula is C14H17N3O2. The fourth-order valence-corrected chi connectivity index (χ4v) is 1.64. The van der Waals surface area contributed by atoms with Crippen LogP contribution in [0.5, 0.6) is 0 Å². The van der Waals surface area contributed by atoms with Crippen molar-refractivity contribution in [3.05, 3.63) is 47.7 Å². The zero-order valence-electron chi connectivity index (χ0n) is 11.1. The number of aryl methyl sites for hydroxylation is 1. The van der Waals surface area contributed by atoms with E-state index in [1.54, 1.807) is 18.3 Å². The maximum Gasteiger partial charge on any atom is 0.251 e. The largest absolute Gasteiger partial charge is 0.444 e. The number of oxazole rings is 1. The standard InChI is InChI=1S/C14H17N3O2/c1-3-12-8-16-13(19-12)9-17-14(18)10-4-6-11(15-2)7-5-10/h4-8,15H,3,9H2,1-2H3,(H,17,18). The highest BCUT2D eigenvalue weighted by Gasteiger charge is 2.07. The van der Waals surface area contributed by atoms with Crippen molar-refractivity contribution in [2.24, 2.45) is 0 Å². The highest BCUT2D eigenvalue weighted by atomic mass is 16.4. The van der Waals surface area contributed by atoms with Crippen LogP contribution in [0.15, 0.2) is 34.9 Å². The lowest BCUT2D eigenvalue weighted by molar-refractivity contribution is 0.0947. The molecule has 2 aromatic rings. The molecule has 0 fully saturated rings. The molecule has 0 atom stereocenters. The molecule has 1 aromatic heterocycles. The van der Waals surface area contributed by atoms with Crippen LogP contribution in [-0.4, -0.2) is 17.9 Å². The van der Waals surface area contributed by atoms with E-state index in [0.29, 0.717) is 18.0 Å². The van der Waals surface area contributed by atoms with Crippen molar-refractivity contribution in [1.82, 2.24) is 10.3 Å². The Kier molecular flexibility index (Phi) is 4.18. The van der Waals surface area contributed by atoms with E-state index >= 15 is 0 Å². The third-order valence-electron chi connectivity index (χ3n) is 2.79. The first kappa shape index (κ1) is 13.1. The number of benzene rings is 1. The van der Waals surface area contributed by atoms with Gasteiger partial charge < -0.3 is 15.1 Å². The molecule has 2 rings (SSSR count). The van der Waals surface area contributed by atoms with Gasteiger partial charge in [0.1, 0.15) is 5.76 Å². The van der Waals surface area contributed by atoms with E-state index < -0.39 is 0 Å². The topological polar surface area (TPSA) is 67.2 Å². The zero-order chi connectivity index (χ0) is 13.7. The Labute approximate surface area is 112 Å². The molecule has 0 radical (unpaired) electrons. The van der Waals surface area contributed by atoms with E-state index in [0.717, 1.165) is 17.9 Å². The molecule has 0 saturated heterocycles. The number of carbonyl (C=O) groups excluding carboxylic acids is 1. The molecular weight excluding hydrogens is 242 g/mol. The van der Waals surface area contributed by atoms with Crippen LogP contribution in [0.1, 0.15) is 28.9 Å². The van der Waals surface area contributed by atoms with E-state index in [1.807, 2.05) is 26.1 Å². The number of aromatic nitrogens is 1. The normalized spacial score (nSPS) is 10.2. The van der Waals surface area contributed by atoms with Crippen molar-refractivity contribution in [1.29, 1.82) is 0 Å². The predicted octanol–water partition coefficient (Wildman–Crippen LogP) is 2.21. The fourth-order valence-electron chi connectivity index (χ4n) is 1.64. The summed E-state index contributed by atoms with van der Waals surface area (Å²) in [6.07, 6.45) is 2.48. The minimum atomic E-state index is -0.140. The number of amides is 1. The number of hydrogen-bond donors (Lipinski definition) is 2. The van der Waals surface area contributed by atoms with Crippen LogP contribution in [0, 0.1) is 0 Å². The summed E-state index contributed by atoms with van der Waals surface area (Å²) in [7, 11) is 1.84. The summed E-state index contributed by atoms with van der Waals surface area (Å²) >= 11 is 0. The molecule has 0 aliphatic heterocycles. The molecule has 5 heteroatoms. The van der Waals surface area contributed by atoms with Crippen LogP contribution in [0.25, 0.3) is 0 Å². The maximum absolute atomic E-state index is 11.9. The summed E-state index contributed by atoms with van der Waals surface area (Å²) in [5, 5.41) is 5.78. The summed E-state index contributed by atoms with van der Waals surface area (Å²) in [6, 6.07) is 7.26. The molecule has 0 aliphatic rings. The van der Waals surface area contributed by atoms with Crippen LogP contribution in [0.4, 0.5) is 5.69 Å². The van der Waals surface area contributed by atoms with E-state index in [4.69, 9.17) is 4.42 Å². The van der Waals surface area contributed by atoms with Crippen LogP contribution < -0.4 is 10.6 Å². The number of nitrogens with zero attached hydrogens (tertiary/aromatic N) is 1. The molecule has 19 heavy (non-hydrogen) atoms. The Hall–Kier alpha value is -2.30. The minimum Gasteiger partial charge on any atom is -0.444 e. The zero-order valence-corrected chi connectivity index (χ0v) is 11.1. The van der Waals surface area contributed by atoms with Crippen molar-refractivity contribution in [3.63, 3.8) is 0 Å². The molecule has 5 nitrogen and oxygen atoms in total. The van der Waals surface area contributed by atoms with E-state index in [1.165, 1.54) is 0 Å². The van der Waals surface area contributed by atoms with Gasteiger partial charge in [-0.2, -0.15) is 0 Å². The monoisotopic (exact) mass is 259 g/mol. The second-order valence-corrected chi connectivity index (χ2v) is 4.08. The van der Waals surface area contributed by atoms with Gasteiger partial charge in [0.15, 0.2) is 0 Å². The van der Waals surface area contributed by atoms with Crippen LogP contribution in [-0.2, 0) is 13.0 Å². The smallest absolute Gasteiger partial charge is 0.251 e. The lowest BCUT2D eigenvalue weighted by Gasteiger charge is -2.04. The van der Waals surface area contributed by atoms with Crippen molar-refractivity contribution in [2.75, 3.05) is 12.4 Å². The van der Waals surface area contributed by atoms with Gasteiger partial charge in [-0.25, -0.2) is 4.98 Å². The first-order valence-electron chi connectivity index (χ1n) is 6.22. The van der Waals surface area contributed by atoms with Gasteiger partial charge in [0.25, 0.3) is 5.91 Å². The first-order valence-corrected chi connectivity index (χ1v) is 6.22. The third-order valence-corrected chi connectivity index (χ3v) is 2.79. The molecule has 0 saturated carbocycles. The summed E-state index contributed by atoms with van der Waals surface area (Å²) in [4.78, 5) is 16.0. The molecule has 2 N–H and O–H groups in total. The van der Waals surface area contributed by atoms with E-state index in [9.17, 15) is 4.79 Å². The molecule has 0 spiro atoms. The quantitative estimate of drug-likeness (QED) is 0.864. The van der Waals surface area contributed by atoms with Gasteiger partial charge in [-0.3, -0.25) is 4.79 Å². The second-order valence-electron chi connectivity index (χ2n) is 4.08. The second kappa shape index (κ2) is 6.04. The van der Waals surface area contributed by atoms with Crippen LogP contribution >= 0.6 is 0 Å². The van der Waals surface area contributed by atoms with Gasteiger partial charge in [-0.15, -0.1) is 0 Å². The minimum absolute atomic E-state index is 0.140. The Bertz CT molecular complexity index is 546. The summed E-state index contributed by atoms with van der Waals surface area (Å²) in [6.45, 7) is 2.29. The predicted molar refractivity (Wildman–Crippen MR) is 73.0 cm³/mol. The van der Waals surface area contributed by atoms with Crippen molar-refractivity contribution in [3.8, 4) is 0 Å². The number of anilines is 1. The fraction of sp³-hybridized carbons (Fsp3) is 0.286. The molecule has 0 aliphatic carbocycles. The Morgan fingerprint density at radius 1 is 1.32 bits per heavy atom. The third kappa shape index (κ3) is 3.34.